The fourth-order valence-electron chi connectivity index (χ4n) is 14.9. The maximum atomic E-state index is 9.22. The molecule has 2 saturated heterocycles. The number of hydrogen-bond donors (Lipinski definition) is 0. The Morgan fingerprint density at radius 3 is 0.691 bits per heavy atom. The molecular formula is C78H138O3. The standard InChI is InChI=1S/C78H138O3/c1-7-13-19-25-31-37-43-55-65-75(66-56-44-38-32-26-20-14-8-2,77(69-59-47-41-35-29-23-17-11-5)73(79-77)71-61-51-49-52-62-71)81-76(67-57-45-39-33-27-21-15-9-3,68-58-46-40-34-28-22-16-10-4)78(70-60-48-42-36-30-24-18-12-6)74(80-78)72-63-53-50-54-64-72/h49-54,61-64,73-74H,7-48,55-60,65-70H2,1-6H3. The Morgan fingerprint density at radius 1 is 0.272 bits per heavy atom. The van der Waals surface area contributed by atoms with E-state index in [4.69, 9.17) is 9.47 Å². The van der Waals surface area contributed by atoms with E-state index >= 15 is 0 Å². The van der Waals surface area contributed by atoms with Crippen LogP contribution in [0.25, 0.3) is 0 Å². The van der Waals surface area contributed by atoms with Crippen LogP contribution in [0.3, 0.4) is 0 Å². The van der Waals surface area contributed by atoms with Crippen molar-refractivity contribution in [2.75, 3.05) is 0 Å². The number of rotatable bonds is 60. The summed E-state index contributed by atoms with van der Waals surface area (Å²) in [5.74, 6) is 0. The van der Waals surface area contributed by atoms with Gasteiger partial charge in [0.05, 0.1) is 0 Å². The summed E-state index contributed by atoms with van der Waals surface area (Å²) < 4.78 is 24.9. The van der Waals surface area contributed by atoms with Crippen LogP contribution in [0.4, 0.5) is 0 Å². The lowest BCUT2D eigenvalue weighted by Crippen LogP contribution is -2.59. The predicted octanol–water partition coefficient (Wildman–Crippen LogP) is 26.7. The molecular weight excluding hydrogens is 985 g/mol. The van der Waals surface area contributed by atoms with Gasteiger partial charge in [0.15, 0.2) is 0 Å². The van der Waals surface area contributed by atoms with Crippen LogP contribution in [-0.2, 0) is 14.2 Å². The molecule has 4 atom stereocenters. The fourth-order valence-corrected chi connectivity index (χ4v) is 14.9. The number of benzene rings is 2. The van der Waals surface area contributed by atoms with Crippen molar-refractivity contribution in [2.24, 2.45) is 0 Å². The minimum Gasteiger partial charge on any atom is -0.362 e. The van der Waals surface area contributed by atoms with Gasteiger partial charge in [0, 0.05) is 0 Å². The van der Waals surface area contributed by atoms with Crippen LogP contribution >= 0.6 is 0 Å². The molecule has 2 aliphatic rings. The molecule has 2 aromatic rings. The first-order chi connectivity index (χ1) is 40.0. The second kappa shape index (κ2) is 45.6. The van der Waals surface area contributed by atoms with Crippen molar-refractivity contribution in [3.8, 4) is 0 Å². The molecule has 0 aromatic heterocycles. The van der Waals surface area contributed by atoms with Crippen molar-refractivity contribution >= 4 is 0 Å². The lowest BCUT2D eigenvalue weighted by atomic mass is 9.69. The number of epoxide rings is 2. The molecule has 2 heterocycles. The van der Waals surface area contributed by atoms with E-state index in [9.17, 15) is 4.74 Å². The van der Waals surface area contributed by atoms with Gasteiger partial charge in [0.1, 0.15) is 34.6 Å². The Kier molecular flexibility index (Phi) is 40.4. The van der Waals surface area contributed by atoms with Gasteiger partial charge in [-0.25, -0.2) is 0 Å². The molecule has 468 valence electrons. The zero-order chi connectivity index (χ0) is 57.7. The molecule has 2 fully saturated rings. The van der Waals surface area contributed by atoms with E-state index in [0.29, 0.717) is 0 Å². The van der Waals surface area contributed by atoms with Crippen LogP contribution in [0.5, 0.6) is 0 Å². The first kappa shape index (κ1) is 71.8. The van der Waals surface area contributed by atoms with Crippen LogP contribution in [-0.4, -0.2) is 22.4 Å². The molecule has 4 unspecified atom stereocenters. The zero-order valence-corrected chi connectivity index (χ0v) is 55.3. The van der Waals surface area contributed by atoms with Gasteiger partial charge in [-0.3, -0.25) is 0 Å². The zero-order valence-electron chi connectivity index (χ0n) is 55.3. The topological polar surface area (TPSA) is 34.3 Å². The normalized spacial score (nSPS) is 19.0. The van der Waals surface area contributed by atoms with Crippen molar-refractivity contribution in [3.05, 3.63) is 71.8 Å². The van der Waals surface area contributed by atoms with Crippen molar-refractivity contribution in [2.45, 2.75) is 423 Å². The SMILES string of the molecule is CCCCCCCCCCC(CCCCCCCCCC)(OC(CCCCCCCCCC)(CCCCCCCCCC)C1(CCCCCCCCCC)OC1c1ccccc1)C1(CCCCCCCCCC)OC1c1ccccc1. The highest BCUT2D eigenvalue weighted by molar-refractivity contribution is 5.33. The Balaban J connectivity index is 1.92. The third kappa shape index (κ3) is 26.9. The van der Waals surface area contributed by atoms with Gasteiger partial charge in [-0.15, -0.1) is 0 Å². The van der Waals surface area contributed by atoms with E-state index < -0.39 is 11.2 Å². The molecule has 0 spiro atoms. The molecule has 0 N–H and O–H groups in total. The molecule has 0 aliphatic carbocycles. The Labute approximate surface area is 506 Å². The van der Waals surface area contributed by atoms with Crippen LogP contribution < -0.4 is 0 Å². The molecule has 81 heavy (non-hydrogen) atoms. The summed E-state index contributed by atoms with van der Waals surface area (Å²) in [6.07, 6.45) is 71.0. The summed E-state index contributed by atoms with van der Waals surface area (Å²) in [5, 5.41) is 0. The predicted molar refractivity (Wildman–Crippen MR) is 356 cm³/mol. The molecule has 3 nitrogen and oxygen atoms in total. The van der Waals surface area contributed by atoms with Crippen LogP contribution in [0.1, 0.15) is 412 Å². The van der Waals surface area contributed by atoms with Crippen LogP contribution in [0.15, 0.2) is 60.7 Å². The summed E-state index contributed by atoms with van der Waals surface area (Å²) >= 11 is 0. The Morgan fingerprint density at radius 2 is 0.469 bits per heavy atom. The van der Waals surface area contributed by atoms with E-state index in [2.05, 4.69) is 102 Å². The highest BCUT2D eigenvalue weighted by Crippen LogP contribution is 2.68. The molecule has 0 saturated carbocycles. The highest BCUT2D eigenvalue weighted by atomic mass is 16.7. The van der Waals surface area contributed by atoms with E-state index in [0.717, 1.165) is 38.5 Å². The van der Waals surface area contributed by atoms with Gasteiger partial charge in [-0.05, 0) is 49.7 Å². The van der Waals surface area contributed by atoms with Crippen molar-refractivity contribution in [1.29, 1.82) is 0 Å². The summed E-state index contributed by atoms with van der Waals surface area (Å²) in [7, 11) is 0. The lowest BCUT2D eigenvalue weighted by Gasteiger charge is -2.51. The minimum atomic E-state index is -0.404. The average Bonchev–Trinajstić information content (AvgIpc) is 4.53. The molecule has 0 amide bonds. The van der Waals surface area contributed by atoms with Crippen LogP contribution in [0.2, 0.25) is 0 Å². The van der Waals surface area contributed by atoms with E-state index in [1.807, 2.05) is 0 Å². The van der Waals surface area contributed by atoms with Gasteiger partial charge < -0.3 is 14.2 Å². The van der Waals surface area contributed by atoms with Gasteiger partial charge >= 0.3 is 0 Å². The largest absolute Gasteiger partial charge is 0.362 e. The third-order valence-electron chi connectivity index (χ3n) is 20.1. The first-order valence-electron chi connectivity index (χ1n) is 37.1. The average molecular weight is 1120 g/mol. The molecule has 2 aromatic carbocycles. The van der Waals surface area contributed by atoms with Gasteiger partial charge in [0.2, 0.25) is 0 Å². The lowest BCUT2D eigenvalue weighted by molar-refractivity contribution is -0.231. The third-order valence-corrected chi connectivity index (χ3v) is 20.1. The second-order valence-electron chi connectivity index (χ2n) is 27.0. The maximum absolute atomic E-state index is 9.22. The molecule has 4 rings (SSSR count). The highest BCUT2D eigenvalue weighted by Gasteiger charge is 2.75. The first-order valence-corrected chi connectivity index (χ1v) is 37.1. The molecule has 2 aliphatic heterocycles. The van der Waals surface area contributed by atoms with E-state index in [1.54, 1.807) is 0 Å². The van der Waals surface area contributed by atoms with Crippen LogP contribution in [0, 0.1) is 0 Å². The van der Waals surface area contributed by atoms with E-state index in [1.165, 1.54) is 319 Å². The van der Waals surface area contributed by atoms with E-state index in [-0.39, 0.29) is 23.4 Å². The molecule has 0 bridgehead atoms. The Bertz CT molecular complexity index is 1530. The molecule has 3 heteroatoms. The summed E-state index contributed by atoms with van der Waals surface area (Å²) in [5.41, 5.74) is 1.26. The molecule has 0 radical (unpaired) electrons. The van der Waals surface area contributed by atoms with Gasteiger partial charge in [-0.1, -0.05) is 410 Å². The van der Waals surface area contributed by atoms with Crippen molar-refractivity contribution in [3.63, 3.8) is 0 Å². The number of ether oxygens (including phenoxy) is 3. The summed E-state index contributed by atoms with van der Waals surface area (Å²) in [6.45, 7) is 14.1. The van der Waals surface area contributed by atoms with Gasteiger partial charge in [-0.2, -0.15) is 0 Å². The quantitative estimate of drug-likeness (QED) is 0.0489. The monoisotopic (exact) mass is 1120 g/mol. The Hall–Kier alpha value is -1.68. The smallest absolute Gasteiger partial charge is 0.128 e. The van der Waals surface area contributed by atoms with Crippen molar-refractivity contribution in [1.82, 2.24) is 0 Å². The van der Waals surface area contributed by atoms with Gasteiger partial charge in [0.25, 0.3) is 0 Å². The maximum Gasteiger partial charge on any atom is 0.128 e. The summed E-state index contributed by atoms with van der Waals surface area (Å²) in [6, 6.07) is 23.2. The number of hydrogen-bond acceptors (Lipinski definition) is 3. The second-order valence-corrected chi connectivity index (χ2v) is 27.0. The number of unbranched alkanes of at least 4 members (excludes halogenated alkanes) is 42. The van der Waals surface area contributed by atoms with Crippen molar-refractivity contribution < 1.29 is 14.2 Å². The summed E-state index contributed by atoms with van der Waals surface area (Å²) in [4.78, 5) is 0. The fraction of sp³-hybridized carbons (Fsp3) is 0.846. The minimum absolute atomic E-state index is 0.0731.